The van der Waals surface area contributed by atoms with Crippen LogP contribution in [0.4, 0.5) is 0 Å². The number of methoxy groups -OCH3 is 1. The largest absolute Gasteiger partial charge is 0.479 e. The first kappa shape index (κ1) is 22.3. The van der Waals surface area contributed by atoms with Crippen LogP contribution >= 0.6 is 0 Å². The predicted molar refractivity (Wildman–Crippen MR) is 133 cm³/mol. The van der Waals surface area contributed by atoms with Gasteiger partial charge in [-0.2, -0.15) is 0 Å². The molecule has 0 bridgehead atoms. The number of hydrogen-bond acceptors (Lipinski definition) is 9. The molecule has 1 fully saturated rings. The number of aromatic nitrogens is 5. The number of nitrogens with zero attached hydrogens (tertiary/aromatic N) is 7. The van der Waals surface area contributed by atoms with Gasteiger partial charge in [0.05, 0.1) is 49.9 Å². The number of fused-ring (bicyclic) bond motifs is 1. The van der Waals surface area contributed by atoms with Crippen molar-refractivity contribution in [2.75, 3.05) is 20.3 Å². The van der Waals surface area contributed by atoms with E-state index in [1.54, 1.807) is 32.0 Å². The number of ether oxygens (including phenoxy) is 2. The normalized spacial score (nSPS) is 21.2. The topological polar surface area (TPSA) is 103 Å². The van der Waals surface area contributed by atoms with Crippen LogP contribution in [0.1, 0.15) is 30.0 Å². The van der Waals surface area contributed by atoms with Gasteiger partial charge in [-0.05, 0) is 37.6 Å². The second-order valence-electron chi connectivity index (χ2n) is 8.92. The van der Waals surface area contributed by atoms with Crippen LogP contribution in [0.5, 0.6) is 5.88 Å². The lowest BCUT2D eigenvalue weighted by Crippen LogP contribution is -2.50. The number of amidine groups is 1. The molecule has 2 aliphatic rings. The average molecular weight is 483 g/mol. The number of hydrogen-bond donors (Lipinski definition) is 1. The highest BCUT2D eigenvalue weighted by atomic mass is 16.5. The number of rotatable bonds is 5. The Balaban J connectivity index is 1.35. The molecule has 1 aromatic carbocycles. The van der Waals surface area contributed by atoms with Gasteiger partial charge in [0, 0.05) is 24.2 Å². The van der Waals surface area contributed by atoms with Crippen LogP contribution in [0.25, 0.3) is 16.9 Å². The zero-order valence-corrected chi connectivity index (χ0v) is 20.3. The summed E-state index contributed by atoms with van der Waals surface area (Å²) in [6.07, 6.45) is 8.49. The van der Waals surface area contributed by atoms with Crippen molar-refractivity contribution >= 4 is 5.84 Å². The van der Waals surface area contributed by atoms with Gasteiger partial charge in [-0.1, -0.05) is 18.2 Å². The predicted octanol–water partition coefficient (Wildman–Crippen LogP) is 3.20. The Kier molecular flexibility index (Phi) is 5.46. The lowest BCUT2D eigenvalue weighted by molar-refractivity contribution is 0.0373. The van der Waals surface area contributed by atoms with Gasteiger partial charge in [0.25, 0.3) is 0 Å². The highest BCUT2D eigenvalue weighted by Gasteiger charge is 2.43. The SMILES string of the molecule is COc1nc(C2(C)N=C3C(c4cccc(-c5cnccn5)c4)OCCN3N2)ccc1-n1cnc(C)c1. The maximum Gasteiger partial charge on any atom is 0.238 e. The molecule has 6 rings (SSSR count). The van der Waals surface area contributed by atoms with Crippen LogP contribution in [-0.4, -0.2) is 55.6 Å². The molecule has 0 spiro atoms. The molecule has 0 amide bonds. The summed E-state index contributed by atoms with van der Waals surface area (Å²) in [6.45, 7) is 5.20. The van der Waals surface area contributed by atoms with Gasteiger partial charge in [0.2, 0.25) is 5.88 Å². The first-order valence-electron chi connectivity index (χ1n) is 11.7. The first-order chi connectivity index (χ1) is 17.5. The van der Waals surface area contributed by atoms with E-state index in [1.165, 1.54) is 0 Å². The van der Waals surface area contributed by atoms with E-state index in [0.717, 1.165) is 39.7 Å². The zero-order chi connectivity index (χ0) is 24.7. The van der Waals surface area contributed by atoms with Crippen LogP contribution in [0, 0.1) is 6.92 Å². The van der Waals surface area contributed by atoms with E-state index < -0.39 is 5.66 Å². The molecule has 0 saturated carbocycles. The van der Waals surface area contributed by atoms with Crippen molar-refractivity contribution in [2.24, 2.45) is 4.99 Å². The maximum absolute atomic E-state index is 6.22. The smallest absolute Gasteiger partial charge is 0.238 e. The van der Waals surface area contributed by atoms with Crippen molar-refractivity contribution in [1.82, 2.24) is 34.9 Å². The summed E-state index contributed by atoms with van der Waals surface area (Å²) in [4.78, 5) is 22.8. The minimum absolute atomic E-state index is 0.320. The zero-order valence-electron chi connectivity index (χ0n) is 20.3. The summed E-state index contributed by atoms with van der Waals surface area (Å²) in [5.41, 5.74) is 8.03. The van der Waals surface area contributed by atoms with Crippen molar-refractivity contribution in [3.05, 3.63) is 84.5 Å². The Bertz CT molecular complexity index is 1440. The molecular weight excluding hydrogens is 456 g/mol. The van der Waals surface area contributed by atoms with Gasteiger partial charge >= 0.3 is 0 Å². The second kappa shape index (κ2) is 8.81. The van der Waals surface area contributed by atoms with Crippen molar-refractivity contribution in [1.29, 1.82) is 0 Å². The van der Waals surface area contributed by atoms with E-state index in [2.05, 4.69) is 37.5 Å². The summed E-state index contributed by atoms with van der Waals surface area (Å²) in [5, 5.41) is 2.06. The number of pyridine rings is 1. The van der Waals surface area contributed by atoms with Crippen molar-refractivity contribution < 1.29 is 9.47 Å². The molecular formula is C26H26N8O2. The van der Waals surface area contributed by atoms with Gasteiger partial charge in [-0.15, -0.1) is 0 Å². The minimum Gasteiger partial charge on any atom is -0.479 e. The lowest BCUT2D eigenvalue weighted by atomic mass is 10.0. The molecule has 4 aromatic rings. The van der Waals surface area contributed by atoms with Crippen LogP contribution in [0.15, 0.2) is 72.5 Å². The Morgan fingerprint density at radius 1 is 1.17 bits per heavy atom. The molecule has 36 heavy (non-hydrogen) atoms. The lowest BCUT2D eigenvalue weighted by Gasteiger charge is -2.33. The average Bonchev–Trinajstić information content (AvgIpc) is 3.51. The van der Waals surface area contributed by atoms with E-state index in [9.17, 15) is 0 Å². The molecule has 0 radical (unpaired) electrons. The van der Waals surface area contributed by atoms with Crippen LogP contribution in [0.3, 0.4) is 0 Å². The van der Waals surface area contributed by atoms with Gasteiger partial charge in [0.15, 0.2) is 11.5 Å². The summed E-state index contributed by atoms with van der Waals surface area (Å²) in [6, 6.07) is 12.1. The minimum atomic E-state index is -0.777. The fourth-order valence-electron chi connectivity index (χ4n) is 4.61. The third kappa shape index (κ3) is 3.90. The number of aliphatic imine (C=N–C) groups is 1. The van der Waals surface area contributed by atoms with Gasteiger partial charge < -0.3 is 14.0 Å². The summed E-state index contributed by atoms with van der Waals surface area (Å²) in [5.74, 6) is 1.32. The number of morpholine rings is 1. The molecule has 1 N–H and O–H groups in total. The fourth-order valence-corrected chi connectivity index (χ4v) is 4.61. The van der Waals surface area contributed by atoms with Crippen LogP contribution in [-0.2, 0) is 10.4 Å². The molecule has 1 saturated heterocycles. The molecule has 2 aliphatic heterocycles. The summed E-state index contributed by atoms with van der Waals surface area (Å²) in [7, 11) is 1.62. The van der Waals surface area contributed by atoms with Gasteiger partial charge in [-0.25, -0.2) is 20.4 Å². The quantitative estimate of drug-likeness (QED) is 0.463. The Morgan fingerprint density at radius 2 is 2.08 bits per heavy atom. The van der Waals surface area contributed by atoms with Gasteiger partial charge in [-0.3, -0.25) is 15.0 Å². The number of imidazole rings is 1. The first-order valence-corrected chi connectivity index (χ1v) is 11.7. The number of nitrogens with one attached hydrogen (secondary N) is 1. The Hall–Kier alpha value is -4.15. The fraction of sp³-hybridized carbons (Fsp3) is 0.269. The molecule has 10 nitrogen and oxygen atoms in total. The van der Waals surface area contributed by atoms with E-state index in [1.807, 2.05) is 48.9 Å². The monoisotopic (exact) mass is 482 g/mol. The molecule has 2 atom stereocenters. The van der Waals surface area contributed by atoms with Gasteiger partial charge in [0.1, 0.15) is 11.8 Å². The molecule has 3 aromatic heterocycles. The van der Waals surface area contributed by atoms with Crippen LogP contribution < -0.4 is 10.2 Å². The molecule has 0 aliphatic carbocycles. The standard InChI is InChI=1S/C26H26N8O2/c1-17-15-33(16-29-17)21-7-8-22(30-25(21)35-3)26(2)31-24-23(36-12-11-34(24)32-26)19-6-4-5-18(13-19)20-14-27-9-10-28-20/h4-10,13-16,23,32H,11-12H2,1-3H3. The van der Waals surface area contributed by atoms with Crippen LogP contribution in [0.2, 0.25) is 0 Å². The Labute approximate surface area is 208 Å². The Morgan fingerprint density at radius 3 is 2.86 bits per heavy atom. The number of hydrazine groups is 1. The van der Waals surface area contributed by atoms with E-state index in [0.29, 0.717) is 19.0 Å². The van der Waals surface area contributed by atoms with E-state index in [-0.39, 0.29) is 6.10 Å². The highest BCUT2D eigenvalue weighted by molar-refractivity contribution is 5.90. The third-order valence-corrected chi connectivity index (χ3v) is 6.37. The number of benzene rings is 1. The maximum atomic E-state index is 6.22. The number of aryl methyl sites for hydroxylation is 1. The molecule has 2 unspecified atom stereocenters. The molecule has 5 heterocycles. The highest BCUT2D eigenvalue weighted by Crippen LogP contribution is 2.36. The molecule has 10 heteroatoms. The van der Waals surface area contributed by atoms with Crippen molar-refractivity contribution in [2.45, 2.75) is 25.6 Å². The molecule has 182 valence electrons. The third-order valence-electron chi connectivity index (χ3n) is 6.37. The van der Waals surface area contributed by atoms with E-state index >= 15 is 0 Å². The van der Waals surface area contributed by atoms with Crippen molar-refractivity contribution in [3.63, 3.8) is 0 Å². The summed E-state index contributed by atoms with van der Waals surface area (Å²) >= 11 is 0. The van der Waals surface area contributed by atoms with E-state index in [4.69, 9.17) is 19.5 Å². The summed E-state index contributed by atoms with van der Waals surface area (Å²) < 4.78 is 13.8. The van der Waals surface area contributed by atoms with Crippen molar-refractivity contribution in [3.8, 4) is 22.8 Å². The second-order valence-corrected chi connectivity index (χ2v) is 8.92.